The maximum atomic E-state index is 11.9. The second-order valence-corrected chi connectivity index (χ2v) is 6.03. The van der Waals surface area contributed by atoms with Crippen molar-refractivity contribution in [2.45, 2.75) is 4.90 Å². The molecule has 7 heteroatoms. The van der Waals surface area contributed by atoms with Crippen molar-refractivity contribution in [1.82, 2.24) is 4.90 Å². The Morgan fingerprint density at radius 1 is 1.39 bits per heavy atom. The molecule has 1 rings (SSSR count). The average molecular weight is 334 g/mol. The molecule has 98 valence electrons. The van der Waals surface area contributed by atoms with Crippen molar-refractivity contribution in [3.8, 4) is 0 Å². The molecule has 0 saturated heterocycles. The first-order valence-corrected chi connectivity index (χ1v) is 7.05. The summed E-state index contributed by atoms with van der Waals surface area (Å²) in [7, 11) is 1.60. The van der Waals surface area contributed by atoms with Crippen LogP contribution in [0.2, 0.25) is 0 Å². The molecule has 0 radical (unpaired) electrons. The fourth-order valence-corrected chi connectivity index (χ4v) is 2.67. The summed E-state index contributed by atoms with van der Waals surface area (Å²) < 4.78 is 12.3. The van der Waals surface area contributed by atoms with Crippen LogP contribution in [0.3, 0.4) is 0 Å². The summed E-state index contributed by atoms with van der Waals surface area (Å²) in [5.41, 5.74) is 0.0261. The Morgan fingerprint density at radius 2 is 2.00 bits per heavy atom. The molecule has 1 N–H and O–H groups in total. The van der Waals surface area contributed by atoms with E-state index in [1.807, 2.05) is 0 Å². The molecule has 0 aliphatic heterocycles. The first kappa shape index (κ1) is 14.8. The molecule has 0 aliphatic carbocycles. The van der Waals surface area contributed by atoms with Crippen molar-refractivity contribution < 1.29 is 18.9 Å². The number of rotatable bonds is 4. The van der Waals surface area contributed by atoms with Crippen LogP contribution >= 0.6 is 15.9 Å². The molecule has 1 aromatic rings. The topological polar surface area (TPSA) is 74.7 Å². The largest absolute Gasteiger partial charge is 0.478 e. The molecule has 0 aliphatic rings. The fraction of sp³-hybridized carbons (Fsp3) is 0.273. The number of halogens is 1. The summed E-state index contributed by atoms with van der Waals surface area (Å²) in [6, 6.07) is 4.36. The SMILES string of the molecule is CN(C)C(=O)CS(=O)c1ccc(Br)c(C(=O)O)c1. The molecular formula is C11H12BrNO4S. The molecule has 18 heavy (non-hydrogen) atoms. The van der Waals surface area contributed by atoms with Crippen LogP contribution < -0.4 is 0 Å². The van der Waals surface area contributed by atoms with Crippen LogP contribution in [0.4, 0.5) is 0 Å². The van der Waals surface area contributed by atoms with Gasteiger partial charge >= 0.3 is 5.97 Å². The van der Waals surface area contributed by atoms with E-state index in [0.717, 1.165) is 0 Å². The zero-order chi connectivity index (χ0) is 13.9. The minimum atomic E-state index is -1.54. The van der Waals surface area contributed by atoms with Crippen molar-refractivity contribution in [3.63, 3.8) is 0 Å². The number of aromatic carboxylic acids is 1. The molecular weight excluding hydrogens is 322 g/mol. The second-order valence-electron chi connectivity index (χ2n) is 3.72. The van der Waals surface area contributed by atoms with Gasteiger partial charge in [-0.05, 0) is 34.1 Å². The quantitative estimate of drug-likeness (QED) is 0.902. The van der Waals surface area contributed by atoms with Crippen LogP contribution in [-0.4, -0.2) is 45.9 Å². The smallest absolute Gasteiger partial charge is 0.336 e. The number of carboxylic acids is 1. The molecule has 0 heterocycles. The van der Waals surface area contributed by atoms with Gasteiger partial charge in [-0.3, -0.25) is 9.00 Å². The lowest BCUT2D eigenvalue weighted by Gasteiger charge is -2.10. The van der Waals surface area contributed by atoms with E-state index in [9.17, 15) is 13.8 Å². The Hall–Kier alpha value is -1.21. The van der Waals surface area contributed by atoms with Crippen molar-refractivity contribution >= 4 is 38.6 Å². The van der Waals surface area contributed by atoms with Gasteiger partial charge in [0.15, 0.2) is 0 Å². The van der Waals surface area contributed by atoms with Gasteiger partial charge in [0.2, 0.25) is 5.91 Å². The molecule has 0 fully saturated rings. The maximum absolute atomic E-state index is 11.9. The molecule has 0 spiro atoms. The molecule has 0 bridgehead atoms. The van der Waals surface area contributed by atoms with E-state index in [1.54, 1.807) is 14.1 Å². The van der Waals surface area contributed by atoms with Gasteiger partial charge in [-0.2, -0.15) is 0 Å². The van der Waals surface area contributed by atoms with E-state index in [-0.39, 0.29) is 17.2 Å². The summed E-state index contributed by atoms with van der Waals surface area (Å²) in [6.07, 6.45) is 0. The van der Waals surface area contributed by atoms with Gasteiger partial charge in [-0.25, -0.2) is 4.79 Å². The van der Waals surface area contributed by atoms with E-state index in [0.29, 0.717) is 9.37 Å². The van der Waals surface area contributed by atoms with Crippen molar-refractivity contribution in [1.29, 1.82) is 0 Å². The summed E-state index contributed by atoms with van der Waals surface area (Å²) in [5.74, 6) is -1.54. The Bertz CT molecular complexity index is 516. The minimum absolute atomic E-state index is 0.0261. The highest BCUT2D eigenvalue weighted by Gasteiger charge is 2.15. The molecule has 0 aromatic heterocycles. The number of carboxylic acid groups (broad SMARTS) is 1. The Balaban J connectivity index is 2.97. The Morgan fingerprint density at radius 3 is 2.50 bits per heavy atom. The minimum Gasteiger partial charge on any atom is -0.478 e. The lowest BCUT2D eigenvalue weighted by molar-refractivity contribution is -0.125. The van der Waals surface area contributed by atoms with Crippen molar-refractivity contribution in [2.75, 3.05) is 19.8 Å². The van der Waals surface area contributed by atoms with E-state index in [2.05, 4.69) is 15.9 Å². The molecule has 0 saturated carbocycles. The third kappa shape index (κ3) is 3.64. The van der Waals surface area contributed by atoms with Gasteiger partial charge in [-0.15, -0.1) is 0 Å². The van der Waals surface area contributed by atoms with Crippen LogP contribution in [0.15, 0.2) is 27.6 Å². The maximum Gasteiger partial charge on any atom is 0.336 e. The zero-order valence-corrected chi connectivity index (χ0v) is 12.2. The predicted molar refractivity (Wildman–Crippen MR) is 71.1 cm³/mol. The number of carbonyl (C=O) groups is 2. The van der Waals surface area contributed by atoms with E-state index in [4.69, 9.17) is 5.11 Å². The molecule has 1 atom stereocenters. The summed E-state index contributed by atoms with van der Waals surface area (Å²) in [4.78, 5) is 24.0. The van der Waals surface area contributed by atoms with E-state index < -0.39 is 16.8 Å². The van der Waals surface area contributed by atoms with Crippen molar-refractivity contribution in [3.05, 3.63) is 28.2 Å². The predicted octanol–water partition coefficient (Wildman–Crippen LogP) is 1.34. The van der Waals surface area contributed by atoms with Gasteiger partial charge in [0.25, 0.3) is 0 Å². The lowest BCUT2D eigenvalue weighted by Crippen LogP contribution is -2.27. The first-order chi connectivity index (χ1) is 8.32. The highest BCUT2D eigenvalue weighted by atomic mass is 79.9. The van der Waals surface area contributed by atoms with Crippen LogP contribution in [0.5, 0.6) is 0 Å². The van der Waals surface area contributed by atoms with Crippen LogP contribution in [-0.2, 0) is 15.6 Å². The number of hydrogen-bond donors (Lipinski definition) is 1. The third-order valence-electron chi connectivity index (χ3n) is 2.18. The second kappa shape index (κ2) is 6.10. The Kier molecular flexibility index (Phi) is 5.03. The highest BCUT2D eigenvalue weighted by molar-refractivity contribution is 9.10. The van der Waals surface area contributed by atoms with Gasteiger partial charge in [0, 0.05) is 23.5 Å². The summed E-state index contributed by atoms with van der Waals surface area (Å²) in [5, 5.41) is 8.94. The molecule has 1 amide bonds. The van der Waals surface area contributed by atoms with E-state index in [1.165, 1.54) is 23.1 Å². The van der Waals surface area contributed by atoms with Gasteiger partial charge in [-0.1, -0.05) is 0 Å². The zero-order valence-electron chi connectivity index (χ0n) is 9.84. The van der Waals surface area contributed by atoms with Crippen molar-refractivity contribution in [2.24, 2.45) is 0 Å². The van der Waals surface area contributed by atoms with Gasteiger partial charge < -0.3 is 10.0 Å². The molecule has 5 nitrogen and oxygen atoms in total. The van der Waals surface area contributed by atoms with Crippen LogP contribution in [0, 0.1) is 0 Å². The monoisotopic (exact) mass is 333 g/mol. The molecule has 1 aromatic carbocycles. The van der Waals surface area contributed by atoms with Gasteiger partial charge in [0.05, 0.1) is 16.4 Å². The number of hydrogen-bond acceptors (Lipinski definition) is 3. The number of carbonyl (C=O) groups excluding carboxylic acids is 1. The standard InChI is InChI=1S/C11H12BrNO4S/c1-13(2)10(14)6-18(17)7-3-4-9(12)8(5-7)11(15)16/h3-5H,6H2,1-2H3,(H,15,16). The number of nitrogens with zero attached hydrogens (tertiary/aromatic N) is 1. The molecule has 1 unspecified atom stereocenters. The van der Waals surface area contributed by atoms with E-state index >= 15 is 0 Å². The number of amides is 1. The Labute approximate surface area is 115 Å². The van der Waals surface area contributed by atoms with Crippen LogP contribution in [0.1, 0.15) is 10.4 Å². The normalized spacial score (nSPS) is 11.9. The lowest BCUT2D eigenvalue weighted by atomic mass is 10.2. The fourth-order valence-electron chi connectivity index (χ4n) is 1.13. The van der Waals surface area contributed by atoms with Gasteiger partial charge in [0.1, 0.15) is 5.75 Å². The summed E-state index contributed by atoms with van der Waals surface area (Å²) >= 11 is 3.10. The van der Waals surface area contributed by atoms with Crippen LogP contribution in [0.25, 0.3) is 0 Å². The first-order valence-electron chi connectivity index (χ1n) is 4.94. The third-order valence-corrected chi connectivity index (χ3v) is 4.16. The average Bonchev–Trinajstić information content (AvgIpc) is 2.28. The number of benzene rings is 1. The highest BCUT2D eigenvalue weighted by Crippen LogP contribution is 2.20. The summed E-state index contributed by atoms with van der Waals surface area (Å²) in [6.45, 7) is 0.